The zero-order valence-electron chi connectivity index (χ0n) is 10.1. The number of unbranched alkanes of at least 4 members (excludes halogenated alkanes) is 1. The molecule has 0 rings (SSSR count). The van der Waals surface area contributed by atoms with Crippen molar-refractivity contribution < 1.29 is 10.2 Å². The van der Waals surface area contributed by atoms with Crippen LogP contribution in [0.3, 0.4) is 0 Å². The van der Waals surface area contributed by atoms with Crippen LogP contribution in [0.4, 0.5) is 0 Å². The summed E-state index contributed by atoms with van der Waals surface area (Å²) >= 11 is 0. The number of hydrogen-bond acceptors (Lipinski definition) is 2. The van der Waals surface area contributed by atoms with Crippen molar-refractivity contribution in [2.45, 2.75) is 66.1 Å². The molecular weight excluding hydrogens is 176 g/mol. The minimum atomic E-state index is -1.16. The van der Waals surface area contributed by atoms with Gasteiger partial charge < -0.3 is 10.2 Å². The number of aliphatic hydroxyl groups is 2. The van der Waals surface area contributed by atoms with E-state index < -0.39 is 6.29 Å². The van der Waals surface area contributed by atoms with Gasteiger partial charge in [0.25, 0.3) is 0 Å². The van der Waals surface area contributed by atoms with Crippen molar-refractivity contribution in [3.63, 3.8) is 0 Å². The van der Waals surface area contributed by atoms with Gasteiger partial charge in [0.2, 0.25) is 0 Å². The van der Waals surface area contributed by atoms with Crippen LogP contribution < -0.4 is 0 Å². The number of hydrogen-bond donors (Lipinski definition) is 2. The normalized spacial score (nSPS) is 14.8. The fourth-order valence-corrected chi connectivity index (χ4v) is 2.18. The molecule has 0 heterocycles. The Morgan fingerprint density at radius 1 is 1.14 bits per heavy atom. The molecular formula is C12H26O2. The number of aliphatic hydroxyl groups excluding tert-OH is 1. The van der Waals surface area contributed by atoms with Gasteiger partial charge in [-0.15, -0.1) is 0 Å². The molecule has 0 aromatic carbocycles. The average Bonchev–Trinajstić information content (AvgIpc) is 1.96. The van der Waals surface area contributed by atoms with E-state index in [-0.39, 0.29) is 5.41 Å². The van der Waals surface area contributed by atoms with E-state index in [1.54, 1.807) is 0 Å². The van der Waals surface area contributed by atoms with Crippen molar-refractivity contribution in [3.8, 4) is 0 Å². The van der Waals surface area contributed by atoms with Crippen LogP contribution in [0.25, 0.3) is 0 Å². The first kappa shape index (κ1) is 13.9. The topological polar surface area (TPSA) is 40.5 Å². The molecule has 0 aromatic rings. The summed E-state index contributed by atoms with van der Waals surface area (Å²) < 4.78 is 0. The van der Waals surface area contributed by atoms with E-state index in [0.29, 0.717) is 12.3 Å². The molecule has 0 fully saturated rings. The van der Waals surface area contributed by atoms with Gasteiger partial charge in [-0.25, -0.2) is 0 Å². The Morgan fingerprint density at radius 3 is 2.14 bits per heavy atom. The third-order valence-corrected chi connectivity index (χ3v) is 2.69. The highest BCUT2D eigenvalue weighted by atomic mass is 16.5. The Labute approximate surface area is 88.3 Å². The molecule has 86 valence electrons. The second-order valence-corrected chi connectivity index (χ2v) is 5.30. The van der Waals surface area contributed by atoms with Crippen molar-refractivity contribution in [3.05, 3.63) is 0 Å². The molecule has 0 aromatic heterocycles. The summed E-state index contributed by atoms with van der Waals surface area (Å²) in [4.78, 5) is 0. The molecule has 0 aliphatic rings. The van der Waals surface area contributed by atoms with Crippen molar-refractivity contribution >= 4 is 0 Å². The van der Waals surface area contributed by atoms with Crippen LogP contribution in [-0.4, -0.2) is 16.5 Å². The van der Waals surface area contributed by atoms with Crippen LogP contribution in [0, 0.1) is 11.3 Å². The predicted octanol–water partition coefficient (Wildman–Crippen LogP) is 2.93. The fraction of sp³-hybridized carbons (Fsp3) is 1.00. The van der Waals surface area contributed by atoms with Crippen LogP contribution in [0.15, 0.2) is 0 Å². The van der Waals surface area contributed by atoms with E-state index in [1.807, 2.05) is 0 Å². The van der Waals surface area contributed by atoms with Crippen molar-refractivity contribution in [2.24, 2.45) is 11.3 Å². The van der Waals surface area contributed by atoms with Gasteiger partial charge in [0.1, 0.15) is 0 Å². The zero-order valence-corrected chi connectivity index (χ0v) is 10.1. The first-order chi connectivity index (χ1) is 6.37. The summed E-state index contributed by atoms with van der Waals surface area (Å²) in [6, 6.07) is 0. The largest absolute Gasteiger partial charge is 0.368 e. The Kier molecular flexibility index (Phi) is 6.38. The molecule has 0 radical (unpaired) electrons. The van der Waals surface area contributed by atoms with Gasteiger partial charge in [-0.3, -0.25) is 0 Å². The molecule has 0 aliphatic heterocycles. The summed E-state index contributed by atoms with van der Waals surface area (Å²) in [6.45, 7) is 8.67. The molecule has 2 N–H and O–H groups in total. The van der Waals surface area contributed by atoms with Gasteiger partial charge in [-0.05, 0) is 17.8 Å². The smallest absolute Gasteiger partial charge is 0.151 e. The minimum absolute atomic E-state index is 0.0430. The molecule has 2 nitrogen and oxygen atoms in total. The summed E-state index contributed by atoms with van der Waals surface area (Å²) in [6.07, 6.45) is 4.16. The van der Waals surface area contributed by atoms with E-state index in [2.05, 4.69) is 27.7 Å². The van der Waals surface area contributed by atoms with E-state index in [0.717, 1.165) is 6.42 Å². The lowest BCUT2D eigenvalue weighted by atomic mass is 9.79. The second-order valence-electron chi connectivity index (χ2n) is 5.30. The molecule has 0 bridgehead atoms. The minimum Gasteiger partial charge on any atom is -0.368 e. The first-order valence-corrected chi connectivity index (χ1v) is 5.73. The molecule has 0 saturated carbocycles. The Bertz CT molecular complexity index is 141. The van der Waals surface area contributed by atoms with Gasteiger partial charge in [-0.1, -0.05) is 47.0 Å². The SMILES string of the molecule is CCCCC(C)CC(C)(C)CC(O)O. The van der Waals surface area contributed by atoms with Crippen LogP contribution in [0.5, 0.6) is 0 Å². The third kappa shape index (κ3) is 7.34. The highest BCUT2D eigenvalue weighted by molar-refractivity contribution is 4.72. The van der Waals surface area contributed by atoms with E-state index >= 15 is 0 Å². The van der Waals surface area contributed by atoms with Gasteiger partial charge in [-0.2, -0.15) is 0 Å². The van der Waals surface area contributed by atoms with Crippen molar-refractivity contribution in [1.29, 1.82) is 0 Å². The summed E-state index contributed by atoms with van der Waals surface area (Å²) in [5.74, 6) is 0.684. The lowest BCUT2D eigenvalue weighted by molar-refractivity contribution is -0.0704. The first-order valence-electron chi connectivity index (χ1n) is 5.73. The predicted molar refractivity (Wildman–Crippen MR) is 59.9 cm³/mol. The van der Waals surface area contributed by atoms with Gasteiger partial charge in [0, 0.05) is 6.42 Å². The molecule has 0 amide bonds. The molecule has 2 heteroatoms. The molecule has 14 heavy (non-hydrogen) atoms. The van der Waals surface area contributed by atoms with Crippen LogP contribution >= 0.6 is 0 Å². The highest BCUT2D eigenvalue weighted by Crippen LogP contribution is 2.31. The Morgan fingerprint density at radius 2 is 1.71 bits per heavy atom. The quantitative estimate of drug-likeness (QED) is 0.623. The lowest BCUT2D eigenvalue weighted by Crippen LogP contribution is -2.22. The molecule has 0 spiro atoms. The molecule has 1 atom stereocenters. The average molecular weight is 202 g/mol. The van der Waals surface area contributed by atoms with E-state index in [1.165, 1.54) is 19.3 Å². The third-order valence-electron chi connectivity index (χ3n) is 2.69. The van der Waals surface area contributed by atoms with Crippen LogP contribution in [-0.2, 0) is 0 Å². The summed E-state index contributed by atoms with van der Waals surface area (Å²) in [5.41, 5.74) is 0.0430. The van der Waals surface area contributed by atoms with E-state index in [4.69, 9.17) is 10.2 Å². The molecule has 0 aliphatic carbocycles. The maximum absolute atomic E-state index is 8.93. The van der Waals surface area contributed by atoms with Crippen molar-refractivity contribution in [1.82, 2.24) is 0 Å². The van der Waals surface area contributed by atoms with Crippen LogP contribution in [0.2, 0.25) is 0 Å². The Balaban J connectivity index is 3.82. The summed E-state index contributed by atoms with van der Waals surface area (Å²) in [7, 11) is 0. The summed E-state index contributed by atoms with van der Waals surface area (Å²) in [5, 5.41) is 17.9. The van der Waals surface area contributed by atoms with E-state index in [9.17, 15) is 0 Å². The standard InChI is InChI=1S/C12H26O2/c1-5-6-7-10(2)8-12(3,4)9-11(13)14/h10-11,13-14H,5-9H2,1-4H3. The highest BCUT2D eigenvalue weighted by Gasteiger charge is 2.23. The lowest BCUT2D eigenvalue weighted by Gasteiger charge is -2.28. The Hall–Kier alpha value is -0.0800. The van der Waals surface area contributed by atoms with Crippen LogP contribution in [0.1, 0.15) is 59.8 Å². The van der Waals surface area contributed by atoms with Gasteiger partial charge in [0.15, 0.2) is 6.29 Å². The fourth-order valence-electron chi connectivity index (χ4n) is 2.18. The zero-order chi connectivity index (χ0) is 11.2. The van der Waals surface area contributed by atoms with Gasteiger partial charge >= 0.3 is 0 Å². The van der Waals surface area contributed by atoms with Gasteiger partial charge in [0.05, 0.1) is 0 Å². The monoisotopic (exact) mass is 202 g/mol. The second kappa shape index (κ2) is 6.41. The molecule has 0 saturated heterocycles. The molecule has 1 unspecified atom stereocenters. The number of rotatable bonds is 7. The maximum Gasteiger partial charge on any atom is 0.151 e. The maximum atomic E-state index is 8.93. The van der Waals surface area contributed by atoms with Crippen molar-refractivity contribution in [2.75, 3.05) is 0 Å².